The molecule has 0 fully saturated rings. The topological polar surface area (TPSA) is 51.2 Å². The van der Waals surface area contributed by atoms with Crippen LogP contribution < -0.4 is 14.5 Å². The molecular weight excluding hydrogens is 326 g/mol. The minimum absolute atomic E-state index is 0.0482. The van der Waals surface area contributed by atoms with E-state index in [1.54, 1.807) is 25.3 Å². The molecule has 0 unspecified atom stereocenters. The fourth-order valence-corrected chi connectivity index (χ4v) is 2.41. The lowest BCUT2D eigenvalue weighted by Crippen LogP contribution is -2.27. The first-order valence-corrected chi connectivity index (χ1v) is 7.81. The number of benzene rings is 2. The van der Waals surface area contributed by atoms with Crippen LogP contribution in [0.15, 0.2) is 36.4 Å². The molecule has 2 rings (SSSR count). The first-order chi connectivity index (χ1) is 11.5. The summed E-state index contributed by atoms with van der Waals surface area (Å²) in [7, 11) is 2.99. The van der Waals surface area contributed by atoms with Gasteiger partial charge >= 0.3 is 0 Å². The first-order valence-electron chi connectivity index (χ1n) is 7.40. The number of rotatable bonds is 5. The van der Waals surface area contributed by atoms with Crippen LogP contribution in [0, 0.1) is 13.8 Å². The van der Waals surface area contributed by atoms with E-state index in [1.165, 1.54) is 12.7 Å². The summed E-state index contributed by atoms with van der Waals surface area (Å²) in [6, 6.07) is 11.2. The van der Waals surface area contributed by atoms with Crippen molar-refractivity contribution < 1.29 is 19.4 Å². The van der Waals surface area contributed by atoms with Gasteiger partial charge in [-0.1, -0.05) is 17.7 Å². The summed E-state index contributed by atoms with van der Waals surface area (Å²) in [5, 5.41) is 11.0. The Morgan fingerprint density at radius 2 is 1.88 bits per heavy atom. The predicted molar refractivity (Wildman–Crippen MR) is 97.1 cm³/mol. The summed E-state index contributed by atoms with van der Waals surface area (Å²) in [6.07, 6.45) is 0. The lowest BCUT2D eigenvalue weighted by Gasteiger charge is -2.20. The van der Waals surface area contributed by atoms with Crippen LogP contribution in [0.1, 0.15) is 16.7 Å². The van der Waals surface area contributed by atoms with Gasteiger partial charge < -0.3 is 14.2 Å². The van der Waals surface area contributed by atoms with Gasteiger partial charge in [0, 0.05) is 5.56 Å². The Kier molecular flexibility index (Phi) is 6.00. The number of anilines is 1. The smallest absolute Gasteiger partial charge is 0.288 e. The third-order valence-electron chi connectivity index (χ3n) is 3.58. The molecule has 0 spiro atoms. The molecule has 0 saturated heterocycles. The van der Waals surface area contributed by atoms with Crippen LogP contribution >= 0.6 is 12.2 Å². The normalized spacial score (nSPS) is 10.2. The Labute approximate surface area is 147 Å². The molecule has 0 radical (unpaired) electrons. The van der Waals surface area contributed by atoms with E-state index in [0.717, 1.165) is 21.9 Å². The number of hydroxylamine groups is 1. The summed E-state index contributed by atoms with van der Waals surface area (Å²) < 4.78 is 16.1. The summed E-state index contributed by atoms with van der Waals surface area (Å²) in [5.74, 6) is 1.45. The molecule has 2 aromatic rings. The van der Waals surface area contributed by atoms with Crippen LogP contribution in [0.3, 0.4) is 0 Å². The number of hydrogen-bond acceptors (Lipinski definition) is 5. The Bertz CT molecular complexity index is 733. The van der Waals surface area contributed by atoms with Crippen LogP contribution in [-0.2, 0) is 11.3 Å². The van der Waals surface area contributed by atoms with Gasteiger partial charge in [-0.25, -0.2) is 0 Å². The van der Waals surface area contributed by atoms with Gasteiger partial charge in [-0.05, 0) is 55.9 Å². The number of ether oxygens (including phenoxy) is 3. The van der Waals surface area contributed by atoms with Crippen molar-refractivity contribution in [1.82, 2.24) is 0 Å². The van der Waals surface area contributed by atoms with E-state index in [9.17, 15) is 5.21 Å². The fourth-order valence-electron chi connectivity index (χ4n) is 2.31. The molecular formula is C18H21NO4S. The van der Waals surface area contributed by atoms with Gasteiger partial charge in [0.1, 0.15) is 18.1 Å². The highest BCUT2D eigenvalue weighted by Gasteiger charge is 2.16. The van der Waals surface area contributed by atoms with Crippen LogP contribution in [0.25, 0.3) is 0 Å². The van der Waals surface area contributed by atoms with E-state index in [2.05, 4.69) is 6.07 Å². The molecule has 6 heteroatoms. The predicted octanol–water partition coefficient (Wildman–Crippen LogP) is 4.02. The molecule has 0 aliphatic carbocycles. The number of methoxy groups -OCH3 is 2. The monoisotopic (exact) mass is 347 g/mol. The molecule has 0 aliphatic rings. The second-order valence-corrected chi connectivity index (χ2v) is 5.68. The van der Waals surface area contributed by atoms with Crippen molar-refractivity contribution in [3.63, 3.8) is 0 Å². The lowest BCUT2D eigenvalue weighted by atomic mass is 10.1. The van der Waals surface area contributed by atoms with Gasteiger partial charge in [0.2, 0.25) is 0 Å². The SMILES string of the molecule is COC(=S)N(O)c1ccc(OC)cc1COc1ccc(C)cc1C. The zero-order chi connectivity index (χ0) is 17.7. The highest BCUT2D eigenvalue weighted by Crippen LogP contribution is 2.27. The third-order valence-corrected chi connectivity index (χ3v) is 3.92. The minimum Gasteiger partial charge on any atom is -0.497 e. The van der Waals surface area contributed by atoms with Crippen molar-refractivity contribution in [2.75, 3.05) is 19.3 Å². The van der Waals surface area contributed by atoms with E-state index < -0.39 is 0 Å². The summed E-state index contributed by atoms with van der Waals surface area (Å²) in [5.41, 5.74) is 3.42. The molecule has 128 valence electrons. The first kappa shape index (κ1) is 18.0. The van der Waals surface area contributed by atoms with Gasteiger partial charge in [-0.3, -0.25) is 5.21 Å². The highest BCUT2D eigenvalue weighted by molar-refractivity contribution is 7.80. The Morgan fingerprint density at radius 3 is 2.50 bits per heavy atom. The summed E-state index contributed by atoms with van der Waals surface area (Å²) in [4.78, 5) is 0. The van der Waals surface area contributed by atoms with E-state index in [1.807, 2.05) is 26.0 Å². The Balaban J connectivity index is 2.28. The minimum atomic E-state index is -0.0482. The molecule has 24 heavy (non-hydrogen) atoms. The van der Waals surface area contributed by atoms with E-state index >= 15 is 0 Å². The van der Waals surface area contributed by atoms with Gasteiger partial charge in [0.05, 0.1) is 19.9 Å². The number of hydrogen-bond donors (Lipinski definition) is 1. The molecule has 0 aromatic heterocycles. The average molecular weight is 347 g/mol. The van der Waals surface area contributed by atoms with Crippen LogP contribution in [0.2, 0.25) is 0 Å². The van der Waals surface area contributed by atoms with Gasteiger partial charge in [-0.15, -0.1) is 0 Å². The van der Waals surface area contributed by atoms with Crippen molar-refractivity contribution in [2.24, 2.45) is 0 Å². The molecule has 0 saturated carbocycles. The largest absolute Gasteiger partial charge is 0.497 e. The van der Waals surface area contributed by atoms with Crippen molar-refractivity contribution >= 4 is 23.1 Å². The Morgan fingerprint density at radius 1 is 1.12 bits per heavy atom. The molecule has 2 aromatic carbocycles. The van der Waals surface area contributed by atoms with Crippen LogP contribution in [0.5, 0.6) is 11.5 Å². The van der Waals surface area contributed by atoms with Gasteiger partial charge in [0.25, 0.3) is 5.17 Å². The zero-order valence-corrected chi connectivity index (χ0v) is 15.0. The third kappa shape index (κ3) is 4.15. The second-order valence-electron chi connectivity index (χ2n) is 5.33. The number of aryl methyl sites for hydroxylation is 2. The van der Waals surface area contributed by atoms with Crippen molar-refractivity contribution in [1.29, 1.82) is 0 Å². The van der Waals surface area contributed by atoms with Crippen molar-refractivity contribution in [2.45, 2.75) is 20.5 Å². The standard InChI is InChI=1S/C18H21NO4S/c1-12-5-8-17(13(2)9-12)23-11-14-10-15(21-3)6-7-16(14)19(20)18(24)22-4/h5-10,20H,11H2,1-4H3. The zero-order valence-electron chi connectivity index (χ0n) is 14.2. The number of nitrogens with zero attached hydrogens (tertiary/aromatic N) is 1. The van der Waals surface area contributed by atoms with Crippen LogP contribution in [-0.4, -0.2) is 24.6 Å². The molecule has 5 nitrogen and oxygen atoms in total. The van der Waals surface area contributed by atoms with E-state index in [4.69, 9.17) is 26.4 Å². The maximum atomic E-state index is 10.2. The van der Waals surface area contributed by atoms with Crippen LogP contribution in [0.4, 0.5) is 5.69 Å². The summed E-state index contributed by atoms with van der Waals surface area (Å²) in [6.45, 7) is 4.28. The molecule has 0 aliphatic heterocycles. The molecule has 0 atom stereocenters. The highest BCUT2D eigenvalue weighted by atomic mass is 32.1. The molecule has 0 bridgehead atoms. The second kappa shape index (κ2) is 7.99. The molecule has 1 N–H and O–H groups in total. The van der Waals surface area contributed by atoms with Gasteiger partial charge in [0.15, 0.2) is 0 Å². The number of thiocarbonyl (C=S) groups is 1. The maximum Gasteiger partial charge on any atom is 0.288 e. The quantitative estimate of drug-likeness (QED) is 0.651. The maximum absolute atomic E-state index is 10.2. The van der Waals surface area contributed by atoms with E-state index in [-0.39, 0.29) is 11.8 Å². The van der Waals surface area contributed by atoms with Gasteiger partial charge in [-0.2, -0.15) is 5.06 Å². The van der Waals surface area contributed by atoms with Crippen molar-refractivity contribution in [3.05, 3.63) is 53.1 Å². The molecule has 0 heterocycles. The lowest BCUT2D eigenvalue weighted by molar-refractivity contribution is 0.264. The fraction of sp³-hybridized carbons (Fsp3) is 0.278. The average Bonchev–Trinajstić information content (AvgIpc) is 2.59. The van der Waals surface area contributed by atoms with Crippen molar-refractivity contribution in [3.8, 4) is 11.5 Å². The van der Waals surface area contributed by atoms with E-state index in [0.29, 0.717) is 11.4 Å². The molecule has 0 amide bonds. The summed E-state index contributed by atoms with van der Waals surface area (Å²) >= 11 is 4.98. The Hall–Kier alpha value is -2.31.